The van der Waals surface area contributed by atoms with Crippen LogP contribution in [0.4, 0.5) is 11.6 Å². The maximum absolute atomic E-state index is 10.4. The first-order valence-electron chi connectivity index (χ1n) is 11.3. The van der Waals surface area contributed by atoms with Crippen molar-refractivity contribution >= 4 is 35.3 Å². The predicted molar refractivity (Wildman–Crippen MR) is 133 cm³/mol. The summed E-state index contributed by atoms with van der Waals surface area (Å²) >= 11 is 5.85. The van der Waals surface area contributed by atoms with Crippen molar-refractivity contribution in [2.45, 2.75) is 31.3 Å². The lowest BCUT2D eigenvalue weighted by Crippen LogP contribution is -2.04. The van der Waals surface area contributed by atoms with Crippen molar-refractivity contribution in [2.24, 2.45) is 0 Å². The van der Waals surface area contributed by atoms with Crippen molar-refractivity contribution in [3.8, 4) is 0 Å². The summed E-state index contributed by atoms with van der Waals surface area (Å²) in [5, 5.41) is 6.52. The van der Waals surface area contributed by atoms with Crippen LogP contribution >= 0.6 is 11.6 Å². The Morgan fingerprint density at radius 2 is 1.91 bits per heavy atom. The molecule has 1 amide bonds. The largest absolute Gasteiger partial charge is 0.364 e. The molecule has 8 nitrogen and oxygen atoms in total. The van der Waals surface area contributed by atoms with E-state index < -0.39 is 0 Å². The van der Waals surface area contributed by atoms with Crippen LogP contribution in [0, 0.1) is 0 Å². The molecule has 6 rings (SSSR count). The second-order valence-electron chi connectivity index (χ2n) is 8.65. The Kier molecular flexibility index (Phi) is 6.42. The van der Waals surface area contributed by atoms with Crippen molar-refractivity contribution in [1.29, 1.82) is 0 Å². The molecular weight excluding hydrogens is 450 g/mol. The molecule has 0 spiro atoms. The molecule has 2 aliphatic rings. The van der Waals surface area contributed by atoms with E-state index in [9.17, 15) is 4.79 Å². The summed E-state index contributed by atoms with van der Waals surface area (Å²) in [7, 11) is 2.12. The first kappa shape index (κ1) is 22.3. The minimum atomic E-state index is 0.460. The van der Waals surface area contributed by atoms with Gasteiger partial charge < -0.3 is 15.0 Å². The van der Waals surface area contributed by atoms with Crippen LogP contribution in [0.1, 0.15) is 41.6 Å². The standard InChI is InChI=1S/C16H16N6O.C9H10ClN/c23-10-20-15-5-14(18-9-19-15)17-6-13-8-22-7-12(11-1-2-11)3-4-16(22)21-13;1-11-6-9(11)7-3-2-4-8(10)5-7/h3-5,7-11H,1-2,6H2,(H2,17,18,19,20,23);2-5,9H,6H2,1H3. The molecule has 1 aliphatic carbocycles. The van der Waals surface area contributed by atoms with Crippen molar-refractivity contribution in [2.75, 3.05) is 24.2 Å². The Hall–Kier alpha value is -3.49. The number of carbonyl (C=O) groups excluding carboxylic acids is 1. The zero-order valence-electron chi connectivity index (χ0n) is 18.9. The van der Waals surface area contributed by atoms with E-state index in [1.807, 2.05) is 24.4 Å². The number of hydrogen-bond acceptors (Lipinski definition) is 6. The lowest BCUT2D eigenvalue weighted by atomic mass is 10.2. The number of benzene rings is 1. The van der Waals surface area contributed by atoms with E-state index in [-0.39, 0.29) is 0 Å². The number of fused-ring (bicyclic) bond motifs is 1. The van der Waals surface area contributed by atoms with Gasteiger partial charge in [0, 0.05) is 36.1 Å². The van der Waals surface area contributed by atoms with Crippen molar-refractivity contribution in [3.63, 3.8) is 0 Å². The van der Waals surface area contributed by atoms with Gasteiger partial charge in [-0.15, -0.1) is 0 Å². The molecule has 2 atom stereocenters. The SMILES string of the molecule is CN1CC1c1cccc(Cl)c1.O=CNc1cc(NCc2cn3cc(C4CC4)ccc3n2)ncn1. The summed E-state index contributed by atoms with van der Waals surface area (Å²) in [5.41, 5.74) is 4.59. The normalized spacial score (nSPS) is 18.6. The fourth-order valence-corrected chi connectivity index (χ4v) is 4.08. The highest BCUT2D eigenvalue weighted by Crippen LogP contribution is 2.39. The molecule has 4 aromatic rings. The van der Waals surface area contributed by atoms with E-state index in [0.29, 0.717) is 30.6 Å². The van der Waals surface area contributed by atoms with Crippen LogP contribution in [0.5, 0.6) is 0 Å². The molecule has 34 heavy (non-hydrogen) atoms. The second-order valence-corrected chi connectivity index (χ2v) is 9.09. The molecule has 1 saturated heterocycles. The summed E-state index contributed by atoms with van der Waals surface area (Å²) in [6, 6.07) is 14.6. The Morgan fingerprint density at radius 3 is 2.65 bits per heavy atom. The molecular formula is C25H26ClN7O. The van der Waals surface area contributed by atoms with Crippen LogP contribution < -0.4 is 10.6 Å². The average molecular weight is 476 g/mol. The Balaban J connectivity index is 0.000000183. The fourth-order valence-electron chi connectivity index (χ4n) is 3.88. The number of anilines is 2. The van der Waals surface area contributed by atoms with Crippen LogP contribution in [0.25, 0.3) is 5.65 Å². The van der Waals surface area contributed by atoms with Crippen LogP contribution in [0.3, 0.4) is 0 Å². The van der Waals surface area contributed by atoms with Crippen LogP contribution in [-0.4, -0.2) is 44.3 Å². The van der Waals surface area contributed by atoms with Crippen molar-refractivity contribution in [1.82, 2.24) is 24.3 Å². The van der Waals surface area contributed by atoms with E-state index in [1.54, 1.807) is 6.07 Å². The first-order valence-corrected chi connectivity index (χ1v) is 11.7. The minimum absolute atomic E-state index is 0.460. The topological polar surface area (TPSA) is 87.2 Å². The van der Waals surface area contributed by atoms with Gasteiger partial charge in [-0.2, -0.15) is 0 Å². The number of carbonyl (C=O) groups is 1. The Bertz CT molecular complexity index is 1300. The molecule has 1 aliphatic heterocycles. The molecule has 1 aromatic carbocycles. The Labute approximate surface area is 203 Å². The van der Waals surface area contributed by atoms with Crippen LogP contribution in [0.15, 0.2) is 61.2 Å². The van der Waals surface area contributed by atoms with Crippen molar-refractivity contribution in [3.05, 3.63) is 83.0 Å². The third-order valence-corrected chi connectivity index (χ3v) is 6.23. The van der Waals surface area contributed by atoms with Gasteiger partial charge in [-0.3, -0.25) is 9.69 Å². The highest BCUT2D eigenvalue weighted by molar-refractivity contribution is 6.30. The van der Waals surface area contributed by atoms with Gasteiger partial charge in [0.05, 0.1) is 12.2 Å². The highest BCUT2D eigenvalue weighted by Gasteiger charge is 2.30. The number of hydrogen-bond donors (Lipinski definition) is 2. The molecule has 3 aromatic heterocycles. The van der Waals surface area contributed by atoms with Crippen LogP contribution in [-0.2, 0) is 11.3 Å². The maximum Gasteiger partial charge on any atom is 0.212 e. The molecule has 0 radical (unpaired) electrons. The molecule has 2 fully saturated rings. The maximum atomic E-state index is 10.4. The van der Waals surface area contributed by atoms with E-state index in [2.05, 4.69) is 66.3 Å². The summed E-state index contributed by atoms with van der Waals surface area (Å²) in [4.78, 5) is 25.4. The highest BCUT2D eigenvalue weighted by atomic mass is 35.5. The number of nitrogens with zero attached hydrogens (tertiary/aromatic N) is 5. The van der Waals surface area contributed by atoms with Crippen molar-refractivity contribution < 1.29 is 4.79 Å². The number of likely N-dealkylation sites (N-methyl/N-ethyl adjacent to an activating group) is 1. The molecule has 1 saturated carbocycles. The van der Waals surface area contributed by atoms with Gasteiger partial charge >= 0.3 is 0 Å². The second kappa shape index (κ2) is 9.79. The van der Waals surface area contributed by atoms with Gasteiger partial charge in [0.15, 0.2) is 0 Å². The van der Waals surface area contributed by atoms with E-state index in [1.165, 1.54) is 36.8 Å². The smallest absolute Gasteiger partial charge is 0.212 e. The third-order valence-electron chi connectivity index (χ3n) is 5.99. The van der Waals surface area contributed by atoms with Gasteiger partial charge in [0.25, 0.3) is 0 Å². The average Bonchev–Trinajstić information content (AvgIpc) is 3.76. The lowest BCUT2D eigenvalue weighted by molar-refractivity contribution is -0.105. The zero-order valence-corrected chi connectivity index (χ0v) is 19.6. The molecule has 9 heteroatoms. The summed E-state index contributed by atoms with van der Waals surface area (Å²) < 4.78 is 2.07. The van der Waals surface area contributed by atoms with E-state index >= 15 is 0 Å². The van der Waals surface area contributed by atoms with Gasteiger partial charge in [0.1, 0.15) is 23.6 Å². The zero-order chi connectivity index (χ0) is 23.5. The fraction of sp³-hybridized carbons (Fsp3) is 0.280. The van der Waals surface area contributed by atoms with E-state index in [4.69, 9.17) is 11.6 Å². The third kappa shape index (κ3) is 5.52. The van der Waals surface area contributed by atoms with Gasteiger partial charge in [-0.05, 0) is 55.1 Å². The summed E-state index contributed by atoms with van der Waals surface area (Å²) in [6.45, 7) is 1.72. The number of pyridine rings is 1. The summed E-state index contributed by atoms with van der Waals surface area (Å²) in [5.74, 6) is 1.83. The number of imidazole rings is 1. The molecule has 4 heterocycles. The number of amides is 1. The quantitative estimate of drug-likeness (QED) is 0.302. The van der Waals surface area contributed by atoms with E-state index in [0.717, 1.165) is 22.3 Å². The van der Waals surface area contributed by atoms with Gasteiger partial charge in [-0.25, -0.2) is 15.0 Å². The monoisotopic (exact) mass is 475 g/mol. The number of aromatic nitrogens is 4. The Morgan fingerprint density at radius 1 is 1.09 bits per heavy atom. The molecule has 0 bridgehead atoms. The molecule has 174 valence electrons. The summed E-state index contributed by atoms with van der Waals surface area (Å²) in [6.07, 6.45) is 8.77. The van der Waals surface area contributed by atoms with Gasteiger partial charge in [0.2, 0.25) is 6.41 Å². The number of nitrogens with one attached hydrogen (secondary N) is 2. The lowest BCUT2D eigenvalue weighted by Gasteiger charge is -2.04. The molecule has 2 N–H and O–H groups in total. The predicted octanol–water partition coefficient (Wildman–Crippen LogP) is 4.51. The minimum Gasteiger partial charge on any atom is -0.364 e. The number of halogens is 1. The van der Waals surface area contributed by atoms with Crippen LogP contribution in [0.2, 0.25) is 5.02 Å². The first-order chi connectivity index (χ1) is 16.6. The molecule has 2 unspecified atom stereocenters. The van der Waals surface area contributed by atoms with Gasteiger partial charge in [-0.1, -0.05) is 29.8 Å². The number of rotatable bonds is 7.